The number of para-hydroxylation sites is 1. The number of carbonyl (C=O) groups is 2. The maximum atomic E-state index is 13.7. The van der Waals surface area contributed by atoms with Crippen LogP contribution in [0.3, 0.4) is 0 Å². The Balaban J connectivity index is 1.70. The number of rotatable bonds is 4. The Bertz CT molecular complexity index is 1470. The van der Waals surface area contributed by atoms with Crippen LogP contribution in [0.2, 0.25) is 0 Å². The molecule has 0 spiro atoms. The summed E-state index contributed by atoms with van der Waals surface area (Å²) in [5.41, 5.74) is 20.5. The van der Waals surface area contributed by atoms with E-state index in [0.29, 0.717) is 49.7 Å². The topological polar surface area (TPSA) is 144 Å². The smallest absolute Gasteiger partial charge is 0.348 e. The van der Waals surface area contributed by atoms with Gasteiger partial charge in [0, 0.05) is 34.5 Å². The van der Waals surface area contributed by atoms with Gasteiger partial charge in [0.2, 0.25) is 5.88 Å². The van der Waals surface area contributed by atoms with Gasteiger partial charge in [-0.2, -0.15) is 0 Å². The van der Waals surface area contributed by atoms with Gasteiger partial charge in [-0.25, -0.2) is 9.78 Å². The van der Waals surface area contributed by atoms with Crippen LogP contribution in [0.25, 0.3) is 10.1 Å². The summed E-state index contributed by atoms with van der Waals surface area (Å²) in [6.45, 7) is 1.83. The molecule has 4 aromatic rings. The van der Waals surface area contributed by atoms with Gasteiger partial charge in [-0.15, -0.1) is 11.3 Å². The Morgan fingerprint density at radius 2 is 1.88 bits per heavy atom. The second-order valence-electron chi connectivity index (χ2n) is 8.15. The molecule has 2 aromatic heterocycles. The summed E-state index contributed by atoms with van der Waals surface area (Å²) in [6.07, 6.45) is 1.54. The fourth-order valence-corrected chi connectivity index (χ4v) is 5.73. The average molecular weight is 475 g/mol. The van der Waals surface area contributed by atoms with Gasteiger partial charge in [-0.05, 0) is 36.2 Å². The SMILES string of the molecule is COC(=O)c1sc2c(N)ccc3c2c1C(N)C(=O)C3(N)c1cnc(Oc2ccccc2)cc1C. The zero-order chi connectivity index (χ0) is 24.2. The van der Waals surface area contributed by atoms with Crippen LogP contribution in [0, 0.1) is 6.92 Å². The molecule has 1 aliphatic rings. The number of Topliss-reactive ketones (excluding diaryl/α,β-unsaturated/α-hetero) is 1. The highest BCUT2D eigenvalue weighted by molar-refractivity contribution is 7.21. The van der Waals surface area contributed by atoms with E-state index < -0.39 is 23.3 Å². The number of anilines is 1. The van der Waals surface area contributed by atoms with Crippen molar-refractivity contribution in [3.05, 3.63) is 81.9 Å². The first kappa shape index (κ1) is 22.0. The molecule has 5 rings (SSSR count). The van der Waals surface area contributed by atoms with Crippen LogP contribution in [0.15, 0.2) is 54.7 Å². The number of ether oxygens (including phenoxy) is 2. The number of carbonyl (C=O) groups excluding carboxylic acids is 2. The number of thiophene rings is 1. The molecule has 0 aliphatic heterocycles. The van der Waals surface area contributed by atoms with E-state index in [1.54, 1.807) is 24.4 Å². The first-order chi connectivity index (χ1) is 16.3. The molecule has 2 heterocycles. The Hall–Kier alpha value is -3.79. The number of nitrogens with zero attached hydrogens (tertiary/aromatic N) is 1. The molecule has 2 unspecified atom stereocenters. The van der Waals surface area contributed by atoms with Gasteiger partial charge >= 0.3 is 5.97 Å². The van der Waals surface area contributed by atoms with Crippen molar-refractivity contribution >= 4 is 38.9 Å². The summed E-state index contributed by atoms with van der Waals surface area (Å²) in [7, 11) is 1.28. The Kier molecular flexibility index (Phi) is 5.12. The lowest BCUT2D eigenvalue weighted by atomic mass is 9.70. The van der Waals surface area contributed by atoms with Crippen molar-refractivity contribution < 1.29 is 19.1 Å². The number of aryl methyl sites for hydroxylation is 1. The lowest BCUT2D eigenvalue weighted by Gasteiger charge is -2.37. The van der Waals surface area contributed by atoms with Crippen LogP contribution < -0.4 is 21.9 Å². The Labute approximate surface area is 199 Å². The fourth-order valence-electron chi connectivity index (χ4n) is 4.51. The first-order valence-electron chi connectivity index (χ1n) is 10.5. The van der Waals surface area contributed by atoms with Gasteiger partial charge in [-0.1, -0.05) is 24.3 Å². The molecule has 34 heavy (non-hydrogen) atoms. The highest BCUT2D eigenvalue weighted by atomic mass is 32.1. The summed E-state index contributed by atoms with van der Waals surface area (Å²) >= 11 is 1.15. The number of pyridine rings is 1. The number of ketones is 1. The van der Waals surface area contributed by atoms with Crippen molar-refractivity contribution in [2.24, 2.45) is 11.5 Å². The number of benzene rings is 2. The molecule has 0 radical (unpaired) electrons. The summed E-state index contributed by atoms with van der Waals surface area (Å²) in [5, 5.41) is 0.615. The maximum Gasteiger partial charge on any atom is 0.348 e. The third kappa shape index (κ3) is 3.09. The van der Waals surface area contributed by atoms with Gasteiger partial charge in [0.1, 0.15) is 16.2 Å². The Morgan fingerprint density at radius 3 is 2.56 bits per heavy atom. The second-order valence-corrected chi connectivity index (χ2v) is 9.17. The largest absolute Gasteiger partial charge is 0.465 e. The van der Waals surface area contributed by atoms with Crippen molar-refractivity contribution in [1.29, 1.82) is 0 Å². The van der Waals surface area contributed by atoms with Crippen LogP contribution in [0.5, 0.6) is 11.6 Å². The molecule has 6 N–H and O–H groups in total. The number of nitrogens with two attached hydrogens (primary N) is 3. The highest BCUT2D eigenvalue weighted by Crippen LogP contribution is 2.50. The summed E-state index contributed by atoms with van der Waals surface area (Å²) in [5.74, 6) is -0.0139. The summed E-state index contributed by atoms with van der Waals surface area (Å²) in [6, 6.07) is 13.2. The van der Waals surface area contributed by atoms with Crippen LogP contribution in [0.1, 0.15) is 38.0 Å². The second kappa shape index (κ2) is 7.91. The minimum absolute atomic E-state index is 0.251. The third-order valence-electron chi connectivity index (χ3n) is 6.16. The minimum atomic E-state index is -1.59. The molecule has 8 nitrogen and oxygen atoms in total. The van der Waals surface area contributed by atoms with Crippen molar-refractivity contribution in [1.82, 2.24) is 4.98 Å². The standard InChI is InChI=1S/C25H22N4O4S/c1-12-10-17(33-13-6-4-3-5-7-13)29-11-15(12)25(28)14-8-9-16(26)21-18(14)19(20(27)23(25)30)22(34-21)24(31)32-2/h3-11,20H,26-28H2,1-2H3. The zero-order valence-electron chi connectivity index (χ0n) is 18.5. The van der Waals surface area contributed by atoms with E-state index in [1.165, 1.54) is 7.11 Å². The van der Waals surface area contributed by atoms with Gasteiger partial charge in [0.05, 0.1) is 17.9 Å². The van der Waals surface area contributed by atoms with E-state index in [2.05, 4.69) is 4.98 Å². The molecule has 0 saturated carbocycles. The highest BCUT2D eigenvalue weighted by Gasteiger charge is 2.49. The van der Waals surface area contributed by atoms with Crippen LogP contribution in [-0.2, 0) is 15.1 Å². The van der Waals surface area contributed by atoms with Gasteiger partial charge in [-0.3, -0.25) is 4.79 Å². The van der Waals surface area contributed by atoms with Crippen LogP contribution >= 0.6 is 11.3 Å². The van der Waals surface area contributed by atoms with Gasteiger partial charge in [0.15, 0.2) is 5.78 Å². The summed E-state index contributed by atoms with van der Waals surface area (Å²) in [4.78, 5) is 30.9. The van der Waals surface area contributed by atoms with E-state index in [0.717, 1.165) is 11.3 Å². The van der Waals surface area contributed by atoms with Crippen LogP contribution in [0.4, 0.5) is 5.69 Å². The van der Waals surface area contributed by atoms with Crippen molar-refractivity contribution in [3.8, 4) is 11.6 Å². The number of aromatic nitrogens is 1. The monoisotopic (exact) mass is 474 g/mol. The molecule has 0 saturated heterocycles. The quantitative estimate of drug-likeness (QED) is 0.301. The molecule has 0 fully saturated rings. The number of nitrogen functional groups attached to an aromatic ring is 1. The maximum absolute atomic E-state index is 13.7. The number of hydrogen-bond donors (Lipinski definition) is 3. The normalized spacial score (nSPS) is 19.3. The van der Waals surface area contributed by atoms with Crippen molar-refractivity contribution in [2.75, 3.05) is 12.8 Å². The molecule has 2 aromatic carbocycles. The van der Waals surface area contributed by atoms with E-state index in [9.17, 15) is 9.59 Å². The first-order valence-corrected chi connectivity index (χ1v) is 11.3. The average Bonchev–Trinajstić information content (AvgIpc) is 3.24. The fraction of sp³-hybridized carbons (Fsp3) is 0.160. The van der Waals surface area contributed by atoms with E-state index in [-0.39, 0.29) is 4.88 Å². The molecule has 1 aliphatic carbocycles. The van der Waals surface area contributed by atoms with E-state index in [4.69, 9.17) is 26.7 Å². The van der Waals surface area contributed by atoms with Crippen molar-refractivity contribution in [2.45, 2.75) is 18.5 Å². The van der Waals surface area contributed by atoms with E-state index in [1.807, 2.05) is 37.3 Å². The third-order valence-corrected chi connectivity index (χ3v) is 7.39. The molecule has 0 amide bonds. The molecule has 0 bridgehead atoms. The predicted octanol–water partition coefficient (Wildman–Crippen LogP) is 3.55. The zero-order valence-corrected chi connectivity index (χ0v) is 19.3. The minimum Gasteiger partial charge on any atom is -0.465 e. The lowest BCUT2D eigenvalue weighted by molar-refractivity contribution is -0.124. The molecular weight excluding hydrogens is 452 g/mol. The van der Waals surface area contributed by atoms with E-state index >= 15 is 0 Å². The molecular formula is C25H22N4O4S. The lowest BCUT2D eigenvalue weighted by Crippen LogP contribution is -2.53. The Morgan fingerprint density at radius 1 is 1.15 bits per heavy atom. The molecule has 172 valence electrons. The summed E-state index contributed by atoms with van der Waals surface area (Å²) < 4.78 is 11.4. The van der Waals surface area contributed by atoms with Gasteiger partial charge in [0.25, 0.3) is 0 Å². The molecule has 9 heteroatoms. The van der Waals surface area contributed by atoms with Crippen molar-refractivity contribution in [3.63, 3.8) is 0 Å². The molecule has 2 atom stereocenters. The number of esters is 1. The number of methoxy groups -OCH3 is 1. The number of hydrogen-bond acceptors (Lipinski definition) is 9. The predicted molar refractivity (Wildman–Crippen MR) is 130 cm³/mol. The van der Waals surface area contributed by atoms with Crippen LogP contribution in [-0.4, -0.2) is 23.8 Å². The van der Waals surface area contributed by atoms with Gasteiger partial charge < -0.3 is 26.7 Å².